The second-order valence-corrected chi connectivity index (χ2v) is 7.18. The lowest BCUT2D eigenvalue weighted by Gasteiger charge is -2.37. The van der Waals surface area contributed by atoms with Crippen molar-refractivity contribution in [3.8, 4) is 11.1 Å². The zero-order valence-corrected chi connectivity index (χ0v) is 15.3. The van der Waals surface area contributed by atoms with Crippen LogP contribution in [-0.4, -0.2) is 22.1 Å². The molecule has 2 aromatic carbocycles. The fraction of sp³-hybridized carbons (Fsp3) is 0.217. The van der Waals surface area contributed by atoms with Gasteiger partial charge in [0.1, 0.15) is 5.82 Å². The topological polar surface area (TPSA) is 62.2 Å². The lowest BCUT2D eigenvalue weighted by Crippen LogP contribution is -2.41. The van der Waals surface area contributed by atoms with Gasteiger partial charge in [0.05, 0.1) is 17.8 Å². The molecule has 3 aromatic rings. The third-order valence-corrected chi connectivity index (χ3v) is 5.22. The molecule has 1 atom stereocenters. The first-order valence-electron chi connectivity index (χ1n) is 9.36. The molecule has 0 spiro atoms. The first-order valence-corrected chi connectivity index (χ1v) is 9.36. The molecule has 1 amide bonds. The van der Waals surface area contributed by atoms with Crippen molar-refractivity contribution in [1.29, 1.82) is 0 Å². The van der Waals surface area contributed by atoms with Crippen molar-refractivity contribution < 1.29 is 14.3 Å². The van der Waals surface area contributed by atoms with Crippen molar-refractivity contribution in [3.63, 3.8) is 0 Å². The molecule has 1 fully saturated rings. The van der Waals surface area contributed by atoms with Crippen LogP contribution >= 0.6 is 0 Å². The second kappa shape index (κ2) is 7.90. The van der Waals surface area contributed by atoms with E-state index >= 15 is 0 Å². The van der Waals surface area contributed by atoms with E-state index in [0.29, 0.717) is 18.4 Å². The van der Waals surface area contributed by atoms with Crippen molar-refractivity contribution in [3.05, 3.63) is 90.0 Å². The molecule has 1 aromatic heterocycles. The summed E-state index contributed by atoms with van der Waals surface area (Å²) >= 11 is 0. The average Bonchev–Trinajstić information content (AvgIpc) is 2.71. The van der Waals surface area contributed by atoms with Crippen molar-refractivity contribution in [2.24, 2.45) is 5.92 Å². The van der Waals surface area contributed by atoms with Gasteiger partial charge in [-0.1, -0.05) is 30.3 Å². The standard InChI is InChI=1S/C23H21FN2O2/c24-19-9-7-15(8-10-19)16-4-3-5-17(12-16)23(28)26-22(18-13-20(27)14-18)21-6-1-2-11-25-21/h1-12,18,20,22,27H,13-14H2,(H,26,28). The number of halogens is 1. The maximum atomic E-state index is 13.2. The second-order valence-electron chi connectivity index (χ2n) is 7.18. The van der Waals surface area contributed by atoms with Crippen LogP contribution in [0.2, 0.25) is 0 Å². The van der Waals surface area contributed by atoms with Crippen LogP contribution in [0.25, 0.3) is 11.1 Å². The van der Waals surface area contributed by atoms with E-state index in [2.05, 4.69) is 10.3 Å². The van der Waals surface area contributed by atoms with Gasteiger partial charge < -0.3 is 10.4 Å². The van der Waals surface area contributed by atoms with E-state index < -0.39 is 0 Å². The smallest absolute Gasteiger partial charge is 0.251 e. The molecule has 0 bridgehead atoms. The molecule has 1 aliphatic carbocycles. The number of nitrogens with zero attached hydrogens (tertiary/aromatic N) is 1. The summed E-state index contributed by atoms with van der Waals surface area (Å²) in [6.07, 6.45) is 2.70. The number of hydrogen-bond donors (Lipinski definition) is 2. The van der Waals surface area contributed by atoms with E-state index in [4.69, 9.17) is 0 Å². The molecule has 4 rings (SSSR count). The number of benzene rings is 2. The third-order valence-electron chi connectivity index (χ3n) is 5.22. The SMILES string of the molecule is O=C(NC(c1ccccn1)C1CC(O)C1)c1cccc(-c2ccc(F)cc2)c1. The van der Waals surface area contributed by atoms with E-state index in [-0.39, 0.29) is 29.8 Å². The lowest BCUT2D eigenvalue weighted by atomic mass is 9.76. The molecular weight excluding hydrogens is 355 g/mol. The number of hydrogen-bond acceptors (Lipinski definition) is 3. The minimum atomic E-state index is -0.310. The zero-order valence-electron chi connectivity index (χ0n) is 15.3. The van der Waals surface area contributed by atoms with Gasteiger partial charge in [-0.15, -0.1) is 0 Å². The van der Waals surface area contributed by atoms with Crippen LogP contribution in [0.1, 0.15) is 34.9 Å². The van der Waals surface area contributed by atoms with Crippen molar-refractivity contribution in [2.45, 2.75) is 25.0 Å². The number of aliphatic hydroxyl groups is 1. The van der Waals surface area contributed by atoms with E-state index in [1.807, 2.05) is 30.3 Å². The van der Waals surface area contributed by atoms with Gasteiger partial charge in [-0.25, -0.2) is 4.39 Å². The number of aromatic nitrogens is 1. The van der Waals surface area contributed by atoms with Gasteiger partial charge in [-0.05, 0) is 66.3 Å². The molecule has 4 nitrogen and oxygen atoms in total. The fourth-order valence-corrected chi connectivity index (χ4v) is 3.60. The molecule has 5 heteroatoms. The summed E-state index contributed by atoms with van der Waals surface area (Å²) in [7, 11) is 0. The molecule has 1 saturated carbocycles. The van der Waals surface area contributed by atoms with Crippen molar-refractivity contribution >= 4 is 5.91 Å². The number of carbonyl (C=O) groups is 1. The molecule has 2 N–H and O–H groups in total. The van der Waals surface area contributed by atoms with E-state index in [1.54, 1.807) is 30.5 Å². The number of amides is 1. The summed E-state index contributed by atoms with van der Waals surface area (Å²) in [6.45, 7) is 0. The Bertz CT molecular complexity index is 954. The summed E-state index contributed by atoms with van der Waals surface area (Å²) in [4.78, 5) is 17.3. The Kier molecular flexibility index (Phi) is 5.17. The lowest BCUT2D eigenvalue weighted by molar-refractivity contribution is 0.0228. The summed E-state index contributed by atoms with van der Waals surface area (Å²) in [6, 6.07) is 18.8. The Hall–Kier alpha value is -3.05. The van der Waals surface area contributed by atoms with Gasteiger partial charge in [0, 0.05) is 11.8 Å². The molecule has 142 valence electrons. The van der Waals surface area contributed by atoms with Gasteiger partial charge in [-0.3, -0.25) is 9.78 Å². The fourth-order valence-electron chi connectivity index (χ4n) is 3.60. The largest absolute Gasteiger partial charge is 0.393 e. The van der Waals surface area contributed by atoms with Gasteiger partial charge >= 0.3 is 0 Å². The van der Waals surface area contributed by atoms with Gasteiger partial charge in [0.25, 0.3) is 5.91 Å². The van der Waals surface area contributed by atoms with Crippen LogP contribution in [0, 0.1) is 11.7 Å². The Morgan fingerprint density at radius 1 is 1.04 bits per heavy atom. The maximum Gasteiger partial charge on any atom is 0.251 e. The molecule has 28 heavy (non-hydrogen) atoms. The van der Waals surface area contributed by atoms with Crippen LogP contribution in [0.5, 0.6) is 0 Å². The van der Waals surface area contributed by atoms with Crippen LogP contribution in [-0.2, 0) is 0 Å². The van der Waals surface area contributed by atoms with Crippen LogP contribution in [0.4, 0.5) is 4.39 Å². The quantitative estimate of drug-likeness (QED) is 0.704. The predicted molar refractivity (Wildman–Crippen MR) is 105 cm³/mol. The number of rotatable bonds is 5. The number of nitrogens with one attached hydrogen (secondary N) is 1. The van der Waals surface area contributed by atoms with Gasteiger partial charge in [0.2, 0.25) is 0 Å². The highest BCUT2D eigenvalue weighted by Gasteiger charge is 2.36. The first-order chi connectivity index (χ1) is 13.6. The monoisotopic (exact) mass is 376 g/mol. The van der Waals surface area contributed by atoms with Gasteiger partial charge in [0.15, 0.2) is 0 Å². The molecular formula is C23H21FN2O2. The third kappa shape index (κ3) is 3.94. The number of carbonyl (C=O) groups excluding carboxylic acids is 1. The normalized spacial score (nSPS) is 19.5. The van der Waals surface area contributed by atoms with Crippen LogP contribution < -0.4 is 5.32 Å². The summed E-state index contributed by atoms with van der Waals surface area (Å²) < 4.78 is 13.2. The molecule has 0 aliphatic heterocycles. The van der Waals surface area contributed by atoms with Crippen LogP contribution in [0.15, 0.2) is 72.9 Å². The van der Waals surface area contributed by atoms with Crippen LogP contribution in [0.3, 0.4) is 0 Å². The highest BCUT2D eigenvalue weighted by Crippen LogP contribution is 2.37. The molecule has 1 aliphatic rings. The molecule has 0 radical (unpaired) electrons. The Morgan fingerprint density at radius 3 is 2.50 bits per heavy atom. The average molecular weight is 376 g/mol. The van der Waals surface area contributed by atoms with E-state index in [0.717, 1.165) is 16.8 Å². The van der Waals surface area contributed by atoms with Crippen molar-refractivity contribution in [1.82, 2.24) is 10.3 Å². The van der Waals surface area contributed by atoms with E-state index in [9.17, 15) is 14.3 Å². The summed E-state index contributed by atoms with van der Waals surface area (Å²) in [5.74, 6) is -0.325. The van der Waals surface area contributed by atoms with Crippen molar-refractivity contribution in [2.75, 3.05) is 0 Å². The highest BCUT2D eigenvalue weighted by atomic mass is 19.1. The molecule has 1 unspecified atom stereocenters. The summed E-state index contributed by atoms with van der Waals surface area (Å²) in [5.41, 5.74) is 3.02. The number of aliphatic hydroxyl groups excluding tert-OH is 1. The molecule has 1 heterocycles. The Morgan fingerprint density at radius 2 is 1.82 bits per heavy atom. The Labute approximate surface area is 163 Å². The number of pyridine rings is 1. The highest BCUT2D eigenvalue weighted by molar-refractivity contribution is 5.95. The zero-order chi connectivity index (χ0) is 19.5. The van der Waals surface area contributed by atoms with Gasteiger partial charge in [-0.2, -0.15) is 0 Å². The minimum Gasteiger partial charge on any atom is -0.393 e. The van der Waals surface area contributed by atoms with E-state index in [1.165, 1.54) is 12.1 Å². The first kappa shape index (κ1) is 18.3. The predicted octanol–water partition coefficient (Wildman–Crippen LogP) is 4.13. The minimum absolute atomic E-state index is 0.161. The molecule has 0 saturated heterocycles. The Balaban J connectivity index is 1.56. The summed E-state index contributed by atoms with van der Waals surface area (Å²) in [5, 5.41) is 12.8. The maximum absolute atomic E-state index is 13.2.